The molecule has 0 fully saturated rings. The molecule has 0 bridgehead atoms. The standard InChI is InChI=1S/C12H8N6/c1-2-6-10-9(5-1)13-17(14-10)18-15-11-7-3-4-8-12(11)16-18/h1-8H. The van der Waals surface area contributed by atoms with Crippen LogP contribution >= 0.6 is 0 Å². The zero-order valence-corrected chi connectivity index (χ0v) is 9.30. The van der Waals surface area contributed by atoms with Gasteiger partial charge in [-0.25, -0.2) is 0 Å². The molecule has 0 spiro atoms. The first-order valence-electron chi connectivity index (χ1n) is 5.55. The summed E-state index contributed by atoms with van der Waals surface area (Å²) >= 11 is 0. The summed E-state index contributed by atoms with van der Waals surface area (Å²) in [7, 11) is 0. The van der Waals surface area contributed by atoms with Gasteiger partial charge in [0.05, 0.1) is 0 Å². The molecule has 4 rings (SSSR count). The largest absolute Gasteiger partial charge is 0.128 e. The van der Waals surface area contributed by atoms with Crippen molar-refractivity contribution in [2.45, 2.75) is 0 Å². The summed E-state index contributed by atoms with van der Waals surface area (Å²) in [5.74, 6) is 0. The molecule has 0 aliphatic carbocycles. The van der Waals surface area contributed by atoms with Gasteiger partial charge in [-0.3, -0.25) is 0 Å². The van der Waals surface area contributed by atoms with E-state index in [4.69, 9.17) is 0 Å². The van der Waals surface area contributed by atoms with Gasteiger partial charge in [0.1, 0.15) is 22.1 Å². The molecule has 0 N–H and O–H groups in total. The molecule has 6 heteroatoms. The molecule has 0 amide bonds. The van der Waals surface area contributed by atoms with Gasteiger partial charge in [-0.05, 0) is 34.1 Å². The number of hydrogen-bond donors (Lipinski definition) is 0. The summed E-state index contributed by atoms with van der Waals surface area (Å²) in [6.07, 6.45) is 0. The zero-order chi connectivity index (χ0) is 11.9. The Morgan fingerprint density at radius 2 is 0.778 bits per heavy atom. The normalized spacial score (nSPS) is 11.3. The predicted molar refractivity (Wildman–Crippen MR) is 65.9 cm³/mol. The Bertz CT molecular complexity index is 706. The second kappa shape index (κ2) is 3.36. The molecular formula is C12H8N6. The van der Waals surface area contributed by atoms with Crippen LogP contribution in [0.5, 0.6) is 0 Å². The Morgan fingerprint density at radius 1 is 0.500 bits per heavy atom. The van der Waals surface area contributed by atoms with E-state index in [-0.39, 0.29) is 0 Å². The van der Waals surface area contributed by atoms with Gasteiger partial charge in [-0.1, -0.05) is 24.3 Å². The number of aromatic nitrogens is 6. The van der Waals surface area contributed by atoms with Crippen molar-refractivity contribution in [2.24, 2.45) is 0 Å². The lowest BCUT2D eigenvalue weighted by Gasteiger charge is -1.92. The van der Waals surface area contributed by atoms with Crippen molar-refractivity contribution in [2.75, 3.05) is 0 Å². The van der Waals surface area contributed by atoms with Crippen molar-refractivity contribution >= 4 is 22.1 Å². The second-order valence-corrected chi connectivity index (χ2v) is 3.91. The third-order valence-electron chi connectivity index (χ3n) is 2.71. The van der Waals surface area contributed by atoms with E-state index in [0.29, 0.717) is 0 Å². The van der Waals surface area contributed by atoms with Crippen molar-refractivity contribution in [1.82, 2.24) is 30.2 Å². The molecule has 6 nitrogen and oxygen atoms in total. The summed E-state index contributed by atoms with van der Waals surface area (Å²) in [5, 5.41) is 17.3. The zero-order valence-electron chi connectivity index (χ0n) is 9.30. The van der Waals surface area contributed by atoms with Crippen molar-refractivity contribution in [3.63, 3.8) is 0 Å². The maximum Gasteiger partial charge on any atom is 0.115 e. The minimum absolute atomic E-state index is 0.818. The Labute approximate surface area is 101 Å². The third-order valence-corrected chi connectivity index (χ3v) is 2.71. The van der Waals surface area contributed by atoms with Crippen LogP contribution in [0.4, 0.5) is 0 Å². The minimum atomic E-state index is 0.818. The summed E-state index contributed by atoms with van der Waals surface area (Å²) in [4.78, 5) is 2.79. The van der Waals surface area contributed by atoms with E-state index in [2.05, 4.69) is 20.4 Å². The van der Waals surface area contributed by atoms with Crippen LogP contribution < -0.4 is 0 Å². The van der Waals surface area contributed by atoms with Gasteiger partial charge in [0, 0.05) is 0 Å². The van der Waals surface area contributed by atoms with Crippen LogP contribution in [0.3, 0.4) is 0 Å². The second-order valence-electron chi connectivity index (χ2n) is 3.91. The lowest BCUT2D eigenvalue weighted by molar-refractivity contribution is 0.399. The first kappa shape index (κ1) is 9.29. The fraction of sp³-hybridized carbons (Fsp3) is 0. The predicted octanol–water partition coefficient (Wildman–Crippen LogP) is 1.49. The highest BCUT2D eigenvalue weighted by Crippen LogP contribution is 2.09. The lowest BCUT2D eigenvalue weighted by Crippen LogP contribution is -2.15. The molecule has 0 saturated carbocycles. The number of hydrogen-bond acceptors (Lipinski definition) is 4. The molecule has 18 heavy (non-hydrogen) atoms. The van der Waals surface area contributed by atoms with Crippen molar-refractivity contribution in [3.05, 3.63) is 48.5 Å². The Kier molecular flexibility index (Phi) is 1.74. The Hall–Kier alpha value is -2.76. The maximum atomic E-state index is 4.32. The highest BCUT2D eigenvalue weighted by Gasteiger charge is 2.06. The van der Waals surface area contributed by atoms with E-state index < -0.39 is 0 Å². The van der Waals surface area contributed by atoms with E-state index >= 15 is 0 Å². The average molecular weight is 236 g/mol. The first-order valence-corrected chi connectivity index (χ1v) is 5.55. The van der Waals surface area contributed by atoms with E-state index in [1.165, 1.54) is 9.81 Å². The van der Waals surface area contributed by atoms with Crippen molar-refractivity contribution < 1.29 is 0 Å². The summed E-state index contributed by atoms with van der Waals surface area (Å²) in [6, 6.07) is 15.3. The molecule has 2 heterocycles. The molecule has 0 aliphatic rings. The molecule has 0 saturated heterocycles. The summed E-state index contributed by atoms with van der Waals surface area (Å²) < 4.78 is 0. The van der Waals surface area contributed by atoms with Gasteiger partial charge < -0.3 is 0 Å². The van der Waals surface area contributed by atoms with Crippen LogP contribution in [0.25, 0.3) is 22.1 Å². The molecule has 4 aromatic rings. The van der Waals surface area contributed by atoms with Gasteiger partial charge in [0.15, 0.2) is 0 Å². The molecule has 0 radical (unpaired) electrons. The van der Waals surface area contributed by atoms with E-state index in [0.717, 1.165) is 22.1 Å². The quantitative estimate of drug-likeness (QED) is 0.502. The number of benzene rings is 2. The molecule has 0 unspecified atom stereocenters. The molecule has 0 aliphatic heterocycles. The van der Waals surface area contributed by atoms with Gasteiger partial charge in [0.2, 0.25) is 0 Å². The monoisotopic (exact) mass is 236 g/mol. The van der Waals surface area contributed by atoms with Crippen LogP contribution in [0.15, 0.2) is 48.5 Å². The van der Waals surface area contributed by atoms with Gasteiger partial charge >= 0.3 is 0 Å². The molecule has 0 atom stereocenters. The van der Waals surface area contributed by atoms with Crippen LogP contribution in [0.2, 0.25) is 0 Å². The SMILES string of the molecule is c1ccc2nn(-n3nc4ccccc4n3)nc2c1. The van der Waals surface area contributed by atoms with Gasteiger partial charge in [-0.15, -0.1) is 20.4 Å². The third kappa shape index (κ3) is 1.29. The van der Waals surface area contributed by atoms with E-state index in [1.807, 2.05) is 48.5 Å². The van der Waals surface area contributed by atoms with Crippen LogP contribution in [-0.4, -0.2) is 30.2 Å². The molecule has 2 aromatic carbocycles. The van der Waals surface area contributed by atoms with Gasteiger partial charge in [0.25, 0.3) is 0 Å². The minimum Gasteiger partial charge on any atom is -0.128 e. The van der Waals surface area contributed by atoms with E-state index in [1.54, 1.807) is 0 Å². The topological polar surface area (TPSA) is 61.4 Å². The first-order chi connectivity index (χ1) is 8.90. The average Bonchev–Trinajstić information content (AvgIpc) is 3.02. The van der Waals surface area contributed by atoms with Crippen LogP contribution in [0, 0.1) is 0 Å². The van der Waals surface area contributed by atoms with Gasteiger partial charge in [-0.2, -0.15) is 0 Å². The fourth-order valence-electron chi connectivity index (χ4n) is 1.86. The van der Waals surface area contributed by atoms with Crippen LogP contribution in [-0.2, 0) is 0 Å². The van der Waals surface area contributed by atoms with Crippen LogP contribution in [0.1, 0.15) is 0 Å². The van der Waals surface area contributed by atoms with Crippen molar-refractivity contribution in [1.29, 1.82) is 0 Å². The fourth-order valence-corrected chi connectivity index (χ4v) is 1.86. The number of nitrogens with zero attached hydrogens (tertiary/aromatic N) is 6. The smallest absolute Gasteiger partial charge is 0.115 e. The molecule has 2 aromatic heterocycles. The number of rotatable bonds is 1. The molecule has 86 valence electrons. The van der Waals surface area contributed by atoms with Crippen molar-refractivity contribution in [3.8, 4) is 0 Å². The van der Waals surface area contributed by atoms with E-state index in [9.17, 15) is 0 Å². The Morgan fingerprint density at radius 3 is 1.06 bits per heavy atom. The Balaban J connectivity index is 1.95. The molecular weight excluding hydrogens is 228 g/mol. The summed E-state index contributed by atoms with van der Waals surface area (Å²) in [5.41, 5.74) is 3.27. The lowest BCUT2D eigenvalue weighted by atomic mass is 10.3. The maximum absolute atomic E-state index is 4.32. The number of fused-ring (bicyclic) bond motifs is 2. The summed E-state index contributed by atoms with van der Waals surface area (Å²) in [6.45, 7) is 0. The highest BCUT2D eigenvalue weighted by molar-refractivity contribution is 5.74. The highest BCUT2D eigenvalue weighted by atomic mass is 15.8.